The number of fused-ring (bicyclic) bond motifs is 3. The van der Waals surface area contributed by atoms with Crippen LogP contribution in [0.25, 0.3) is 0 Å². The Balaban J connectivity index is 1.68. The molecule has 0 aromatic rings. The van der Waals surface area contributed by atoms with Crippen LogP contribution in [0.2, 0.25) is 0 Å². The van der Waals surface area contributed by atoms with Crippen LogP contribution in [0.15, 0.2) is 47.6 Å². The number of nitrogens with zero attached hydrogens (tertiary/aromatic N) is 1. The topological polar surface area (TPSA) is 194 Å². The Morgan fingerprint density at radius 1 is 0.886 bits per heavy atom. The molecule has 3 aliphatic heterocycles. The molecule has 2 saturated heterocycles. The number of cyclic esters (lactones) is 1. The number of rotatable bonds is 11. The zero-order valence-electron chi connectivity index (χ0n) is 43.7. The fourth-order valence-electron chi connectivity index (χ4n) is 10.6. The molecular formula is C54H86NO14P. The van der Waals surface area contributed by atoms with Crippen LogP contribution < -0.4 is 0 Å². The van der Waals surface area contributed by atoms with E-state index in [-0.39, 0.29) is 60.9 Å². The second kappa shape index (κ2) is 29.0. The van der Waals surface area contributed by atoms with E-state index in [0.29, 0.717) is 76.8 Å². The van der Waals surface area contributed by atoms with Gasteiger partial charge in [0.05, 0.1) is 37.6 Å². The molecule has 70 heavy (non-hydrogen) atoms. The van der Waals surface area contributed by atoms with Gasteiger partial charge < -0.3 is 48.1 Å². The first kappa shape index (κ1) is 59.6. The number of hydrogen-bond donors (Lipinski definition) is 2. The minimum absolute atomic E-state index is 0.0162. The number of ketones is 3. The molecule has 16 heteroatoms. The van der Waals surface area contributed by atoms with Gasteiger partial charge in [0.1, 0.15) is 30.1 Å². The van der Waals surface area contributed by atoms with Gasteiger partial charge in [-0.15, -0.1) is 0 Å². The van der Waals surface area contributed by atoms with E-state index in [9.17, 15) is 34.2 Å². The van der Waals surface area contributed by atoms with Crippen molar-refractivity contribution in [3.63, 3.8) is 0 Å². The molecule has 0 aromatic heterocycles. The highest BCUT2D eigenvalue weighted by Gasteiger charge is 2.53. The molecule has 1 amide bonds. The quantitative estimate of drug-likeness (QED) is 0.0684. The summed E-state index contributed by atoms with van der Waals surface area (Å²) in [7, 11) is 5.34. The number of amides is 1. The molecule has 3 unspecified atom stereocenters. The largest absolute Gasteiger partial charge is 0.460 e. The maximum Gasteiger partial charge on any atom is 0.329 e. The lowest BCUT2D eigenvalue weighted by molar-refractivity contribution is -0.265. The van der Waals surface area contributed by atoms with Crippen molar-refractivity contribution < 1.29 is 67.1 Å². The average molecular weight is 1000 g/mol. The summed E-state index contributed by atoms with van der Waals surface area (Å²) in [5.74, 6) is -7.87. The van der Waals surface area contributed by atoms with Crippen molar-refractivity contribution in [2.45, 2.75) is 187 Å². The van der Waals surface area contributed by atoms with Gasteiger partial charge in [0.15, 0.2) is 5.78 Å². The minimum Gasteiger partial charge on any atom is -0.460 e. The zero-order chi connectivity index (χ0) is 51.7. The van der Waals surface area contributed by atoms with Crippen LogP contribution >= 0.6 is 9.47 Å². The van der Waals surface area contributed by atoms with E-state index in [0.717, 1.165) is 18.4 Å². The fraction of sp³-hybridized carbons (Fsp3) is 0.759. The summed E-state index contributed by atoms with van der Waals surface area (Å²) in [4.78, 5) is 72.3. The van der Waals surface area contributed by atoms with Crippen LogP contribution in [0.5, 0.6) is 0 Å². The normalized spacial score (nSPS) is 38.4. The Kier molecular flexibility index (Phi) is 24.7. The van der Waals surface area contributed by atoms with Crippen LogP contribution in [-0.2, 0) is 56.9 Å². The number of aliphatic hydroxyl groups excluding tert-OH is 1. The van der Waals surface area contributed by atoms with Gasteiger partial charge in [0.25, 0.3) is 11.7 Å². The van der Waals surface area contributed by atoms with Crippen molar-refractivity contribution >= 4 is 38.7 Å². The Morgan fingerprint density at radius 3 is 2.31 bits per heavy atom. The van der Waals surface area contributed by atoms with Gasteiger partial charge >= 0.3 is 5.97 Å². The summed E-state index contributed by atoms with van der Waals surface area (Å²) in [5.41, 5.74) is 1.26. The van der Waals surface area contributed by atoms with Crippen molar-refractivity contribution in [2.75, 3.05) is 40.6 Å². The van der Waals surface area contributed by atoms with Crippen LogP contribution in [-0.4, -0.2) is 139 Å². The predicted octanol–water partition coefficient (Wildman–Crippen LogP) is 7.40. The number of aliphatic hydroxyl groups is 2. The minimum atomic E-state index is -2.44. The summed E-state index contributed by atoms with van der Waals surface area (Å²) in [6.45, 7) is 16.3. The van der Waals surface area contributed by atoms with Gasteiger partial charge in [0.2, 0.25) is 5.79 Å². The molecule has 0 spiro atoms. The van der Waals surface area contributed by atoms with Crippen molar-refractivity contribution in [1.82, 2.24) is 4.90 Å². The van der Waals surface area contributed by atoms with Gasteiger partial charge in [-0.25, -0.2) is 4.79 Å². The number of hydrogen-bond acceptors (Lipinski definition) is 14. The number of piperidine rings is 1. The fourth-order valence-corrected chi connectivity index (χ4v) is 10.9. The highest BCUT2D eigenvalue weighted by molar-refractivity contribution is 7.09. The molecule has 1 aliphatic carbocycles. The molecular weight excluding hydrogens is 918 g/mol. The number of carbonyl (C=O) groups is 5. The Morgan fingerprint density at radius 2 is 1.63 bits per heavy atom. The van der Waals surface area contributed by atoms with E-state index in [1.165, 1.54) is 12.0 Å². The molecule has 0 aromatic carbocycles. The second-order valence-electron chi connectivity index (χ2n) is 20.5. The zero-order valence-corrected chi connectivity index (χ0v) is 44.8. The average Bonchev–Trinajstić information content (AvgIpc) is 3.34. The van der Waals surface area contributed by atoms with Gasteiger partial charge in [-0.2, -0.15) is 0 Å². The first-order chi connectivity index (χ1) is 33.3. The highest BCUT2D eigenvalue weighted by Crippen LogP contribution is 2.38. The molecule has 4 rings (SSSR count). The van der Waals surface area contributed by atoms with E-state index in [2.05, 4.69) is 9.47 Å². The summed E-state index contributed by atoms with van der Waals surface area (Å²) in [6.07, 6.45) is 12.3. The lowest BCUT2D eigenvalue weighted by Crippen LogP contribution is -2.61. The van der Waals surface area contributed by atoms with Gasteiger partial charge in [-0.1, -0.05) is 71.1 Å². The lowest BCUT2D eigenvalue weighted by Gasteiger charge is -2.42. The number of ether oxygens (including phenoxy) is 6. The third-order valence-corrected chi connectivity index (χ3v) is 15.4. The van der Waals surface area contributed by atoms with Gasteiger partial charge in [-0.3, -0.25) is 19.2 Å². The number of allylic oxidation sites excluding steroid dienone is 6. The highest BCUT2D eigenvalue weighted by atomic mass is 31.0. The first-order valence-electron chi connectivity index (χ1n) is 25.8. The van der Waals surface area contributed by atoms with Crippen molar-refractivity contribution in [3.05, 3.63) is 47.6 Å². The van der Waals surface area contributed by atoms with E-state index < -0.39 is 77.8 Å². The number of Topliss-reactive ketones (excluding diaryl/α,β-unsaturated/α-hetero) is 3. The number of esters is 1. The molecule has 1 saturated carbocycles. The standard InChI is InChI=1S/C54H86NO14P/c1-11-65-25-26-66-44-23-21-40(30-47(44)63-9)29-36(5)45-32-43(56)35(4)28-38(7)49(58)50(64-10)48(57)37(6)27-33(2)17-13-12-14-18-34(3)46(69-70)31-41-22-20-39(8)54(62,68-41)51(59)52(60)55-24-16-15-19-42(55)53(61)67-45/h12-14,17-18,28,33,35-37,39-42,44-47,49-50,58,62H,11,15-16,19-27,29-32,70H2,1-10H3/b14-12+,17-13+,34-18+,38-28+/t33-,35-,36-,37-,39-,40+,41+,42+,44-,45+,46?,47-,49-,50?,54-/m1/s1. The van der Waals surface area contributed by atoms with Crippen molar-refractivity contribution in [1.29, 1.82) is 0 Å². The van der Waals surface area contributed by atoms with Gasteiger partial charge in [-0.05, 0) is 114 Å². The second-order valence-corrected chi connectivity index (χ2v) is 20.8. The molecule has 3 fully saturated rings. The molecule has 2 bridgehead atoms. The van der Waals surface area contributed by atoms with E-state index >= 15 is 0 Å². The molecule has 396 valence electrons. The Hall–Kier alpha value is -2.98. The molecule has 3 heterocycles. The molecule has 16 atom stereocenters. The van der Waals surface area contributed by atoms with Crippen molar-refractivity contribution in [3.8, 4) is 0 Å². The van der Waals surface area contributed by atoms with Crippen LogP contribution in [0.1, 0.15) is 132 Å². The van der Waals surface area contributed by atoms with Crippen molar-refractivity contribution in [2.24, 2.45) is 35.5 Å². The SMILES string of the molecule is CCOCCO[C@@H]1CC[C@@H](C[C@@H](C)[C@@H]2CC(=O)[C@H](C)/C=C(\C)[C@@H](O)C(OC)C(=O)[C@H](C)C[C@H](C)/C=C/C=C/C=C(\C)C(OP)C[C@@H]3CC[C@@H](C)[C@@](O)(O3)C(=O)C(=O)N3CCCC[C@H]3C(=O)O2)C[C@H]1OC. The Labute approximate surface area is 420 Å². The number of carbonyl (C=O) groups excluding carboxylic acids is 5. The smallest absolute Gasteiger partial charge is 0.329 e. The molecule has 15 nitrogen and oxygen atoms in total. The van der Waals surface area contributed by atoms with E-state index in [1.807, 2.05) is 65.0 Å². The van der Waals surface area contributed by atoms with Crippen LogP contribution in [0.4, 0.5) is 0 Å². The third-order valence-electron chi connectivity index (χ3n) is 15.1. The summed E-state index contributed by atoms with van der Waals surface area (Å²) >= 11 is 0. The number of methoxy groups -OCH3 is 2. The Bertz CT molecular complexity index is 1850. The summed E-state index contributed by atoms with van der Waals surface area (Å²) in [5, 5.41) is 23.5. The van der Waals surface area contributed by atoms with Crippen LogP contribution in [0.3, 0.4) is 0 Å². The summed E-state index contributed by atoms with van der Waals surface area (Å²) in [6, 6.07) is -1.14. The molecule has 2 N–H and O–H groups in total. The maximum absolute atomic E-state index is 14.5. The molecule has 4 aliphatic rings. The first-order valence-corrected chi connectivity index (χ1v) is 26.3. The summed E-state index contributed by atoms with van der Waals surface area (Å²) < 4.78 is 41.4. The monoisotopic (exact) mass is 1000 g/mol. The third kappa shape index (κ3) is 16.5. The van der Waals surface area contributed by atoms with Gasteiger partial charge in [0, 0.05) is 67.4 Å². The lowest BCUT2D eigenvalue weighted by atomic mass is 9.78. The van der Waals surface area contributed by atoms with E-state index in [4.69, 9.17) is 32.9 Å². The van der Waals surface area contributed by atoms with Crippen LogP contribution in [0, 0.1) is 35.5 Å². The molecule has 0 radical (unpaired) electrons. The maximum atomic E-state index is 14.5. The van der Waals surface area contributed by atoms with E-state index in [1.54, 1.807) is 34.0 Å². The predicted molar refractivity (Wildman–Crippen MR) is 269 cm³/mol.